The molecule has 0 bridgehead atoms. The number of nitrogens with one attached hydrogen (secondary N) is 1. The minimum absolute atomic E-state index is 0.146. The standard InChI is InChI=1S/C13H20FNO2S/c1-15-10-12(6-4-8-18(2,16)17)11-5-3-7-13(14)9-11/h3,5,7,9,12,15H,4,6,8,10H2,1-2H3. The number of sulfone groups is 1. The minimum Gasteiger partial charge on any atom is -0.319 e. The van der Waals surface area contributed by atoms with Crippen LogP contribution >= 0.6 is 0 Å². The first-order chi connectivity index (χ1) is 8.42. The predicted molar refractivity (Wildman–Crippen MR) is 72.0 cm³/mol. The number of benzene rings is 1. The van der Waals surface area contributed by atoms with Crippen LogP contribution in [0.2, 0.25) is 0 Å². The van der Waals surface area contributed by atoms with Crippen LogP contribution in [0.3, 0.4) is 0 Å². The number of rotatable bonds is 7. The van der Waals surface area contributed by atoms with Gasteiger partial charge in [-0.25, -0.2) is 12.8 Å². The molecule has 0 aromatic heterocycles. The van der Waals surface area contributed by atoms with E-state index in [0.29, 0.717) is 13.0 Å². The summed E-state index contributed by atoms with van der Waals surface area (Å²) in [5.74, 6) is 0.0758. The van der Waals surface area contributed by atoms with Gasteiger partial charge in [-0.1, -0.05) is 12.1 Å². The van der Waals surface area contributed by atoms with Crippen molar-refractivity contribution in [2.75, 3.05) is 25.6 Å². The van der Waals surface area contributed by atoms with E-state index in [4.69, 9.17) is 0 Å². The molecule has 18 heavy (non-hydrogen) atoms. The molecule has 1 aromatic rings. The second-order valence-electron chi connectivity index (χ2n) is 4.58. The van der Waals surface area contributed by atoms with Crippen LogP contribution in [-0.2, 0) is 9.84 Å². The van der Waals surface area contributed by atoms with Crippen molar-refractivity contribution in [1.29, 1.82) is 0 Å². The van der Waals surface area contributed by atoms with Crippen LogP contribution in [0.15, 0.2) is 24.3 Å². The normalized spacial score (nSPS) is 13.5. The molecule has 0 heterocycles. The van der Waals surface area contributed by atoms with E-state index in [2.05, 4.69) is 5.32 Å². The summed E-state index contributed by atoms with van der Waals surface area (Å²) in [4.78, 5) is 0. The zero-order valence-electron chi connectivity index (χ0n) is 10.8. The summed E-state index contributed by atoms with van der Waals surface area (Å²) in [5, 5.41) is 3.06. The maximum Gasteiger partial charge on any atom is 0.147 e. The maximum absolute atomic E-state index is 13.2. The molecule has 1 unspecified atom stereocenters. The van der Waals surface area contributed by atoms with E-state index >= 15 is 0 Å². The predicted octanol–water partition coefficient (Wildman–Crippen LogP) is 1.95. The Labute approximate surface area is 108 Å². The van der Waals surface area contributed by atoms with Crippen molar-refractivity contribution in [3.63, 3.8) is 0 Å². The molecular formula is C13H20FNO2S. The summed E-state index contributed by atoms with van der Waals surface area (Å²) in [5.41, 5.74) is 0.915. The topological polar surface area (TPSA) is 46.2 Å². The van der Waals surface area contributed by atoms with Crippen molar-refractivity contribution in [3.8, 4) is 0 Å². The fourth-order valence-corrected chi connectivity index (χ4v) is 2.68. The molecule has 1 N–H and O–H groups in total. The second-order valence-corrected chi connectivity index (χ2v) is 6.84. The van der Waals surface area contributed by atoms with Crippen LogP contribution in [0, 0.1) is 5.82 Å². The third kappa shape index (κ3) is 5.60. The lowest BCUT2D eigenvalue weighted by Gasteiger charge is -2.16. The summed E-state index contributed by atoms with van der Waals surface area (Å²) in [6.07, 6.45) is 2.57. The van der Waals surface area contributed by atoms with E-state index in [-0.39, 0.29) is 17.5 Å². The first-order valence-corrected chi connectivity index (χ1v) is 8.06. The van der Waals surface area contributed by atoms with E-state index in [1.165, 1.54) is 18.4 Å². The summed E-state index contributed by atoms with van der Waals surface area (Å²) >= 11 is 0. The average molecular weight is 273 g/mol. The smallest absolute Gasteiger partial charge is 0.147 e. The van der Waals surface area contributed by atoms with Gasteiger partial charge in [0.15, 0.2) is 0 Å². The molecule has 0 spiro atoms. The molecule has 0 aliphatic rings. The van der Waals surface area contributed by atoms with Crippen LogP contribution in [0.5, 0.6) is 0 Å². The number of hydrogen-bond acceptors (Lipinski definition) is 3. The van der Waals surface area contributed by atoms with Gasteiger partial charge in [-0.3, -0.25) is 0 Å². The molecule has 0 fully saturated rings. The van der Waals surface area contributed by atoms with Crippen molar-refractivity contribution in [2.24, 2.45) is 0 Å². The first kappa shape index (κ1) is 15.1. The Hall–Kier alpha value is -0.940. The summed E-state index contributed by atoms with van der Waals surface area (Å²) in [6, 6.07) is 6.49. The lowest BCUT2D eigenvalue weighted by atomic mass is 9.94. The lowest BCUT2D eigenvalue weighted by Crippen LogP contribution is -2.18. The average Bonchev–Trinajstić information content (AvgIpc) is 2.26. The Morgan fingerprint density at radius 1 is 1.39 bits per heavy atom. The molecule has 1 atom stereocenters. The Morgan fingerprint density at radius 3 is 2.67 bits per heavy atom. The summed E-state index contributed by atoms with van der Waals surface area (Å²) in [7, 11) is -1.08. The van der Waals surface area contributed by atoms with Crippen molar-refractivity contribution in [2.45, 2.75) is 18.8 Å². The van der Waals surface area contributed by atoms with Gasteiger partial charge >= 0.3 is 0 Å². The first-order valence-electron chi connectivity index (χ1n) is 6.00. The molecule has 3 nitrogen and oxygen atoms in total. The molecule has 1 rings (SSSR count). The van der Waals surface area contributed by atoms with Gasteiger partial charge in [0.2, 0.25) is 0 Å². The van der Waals surface area contributed by atoms with E-state index < -0.39 is 9.84 Å². The van der Waals surface area contributed by atoms with Crippen LogP contribution in [0.4, 0.5) is 4.39 Å². The van der Waals surface area contributed by atoms with Crippen LogP contribution in [0.1, 0.15) is 24.3 Å². The highest BCUT2D eigenvalue weighted by Gasteiger charge is 2.12. The third-order valence-electron chi connectivity index (χ3n) is 2.84. The van der Waals surface area contributed by atoms with Gasteiger partial charge in [-0.2, -0.15) is 0 Å². The lowest BCUT2D eigenvalue weighted by molar-refractivity contribution is 0.558. The molecule has 0 saturated carbocycles. The summed E-state index contributed by atoms with van der Waals surface area (Å²) < 4.78 is 35.3. The Bertz CT molecular complexity index is 474. The molecule has 0 saturated heterocycles. The monoisotopic (exact) mass is 273 g/mol. The molecule has 102 valence electrons. The van der Waals surface area contributed by atoms with Gasteiger partial charge < -0.3 is 5.32 Å². The fourth-order valence-electron chi connectivity index (χ4n) is 1.99. The minimum atomic E-state index is -2.92. The van der Waals surface area contributed by atoms with Gasteiger partial charge in [0.25, 0.3) is 0 Å². The largest absolute Gasteiger partial charge is 0.319 e. The number of hydrogen-bond donors (Lipinski definition) is 1. The van der Waals surface area contributed by atoms with Crippen molar-refractivity contribution in [3.05, 3.63) is 35.6 Å². The molecule has 1 aromatic carbocycles. The maximum atomic E-state index is 13.2. The van der Waals surface area contributed by atoms with Crippen LogP contribution in [0.25, 0.3) is 0 Å². The Balaban J connectivity index is 2.65. The second kappa shape index (κ2) is 6.85. The van der Waals surface area contributed by atoms with Gasteiger partial charge in [0.05, 0.1) is 0 Å². The van der Waals surface area contributed by atoms with E-state index in [0.717, 1.165) is 12.0 Å². The number of halogens is 1. The van der Waals surface area contributed by atoms with Gasteiger partial charge in [0.1, 0.15) is 15.7 Å². The molecule has 5 heteroatoms. The molecular weight excluding hydrogens is 253 g/mol. The van der Waals surface area contributed by atoms with E-state index in [1.54, 1.807) is 6.07 Å². The Kier molecular flexibility index (Phi) is 5.75. The quantitative estimate of drug-likeness (QED) is 0.826. The highest BCUT2D eigenvalue weighted by atomic mass is 32.2. The Morgan fingerprint density at radius 2 is 2.11 bits per heavy atom. The van der Waals surface area contributed by atoms with Crippen LogP contribution < -0.4 is 5.32 Å². The van der Waals surface area contributed by atoms with E-state index in [9.17, 15) is 12.8 Å². The van der Waals surface area contributed by atoms with Gasteiger partial charge in [0, 0.05) is 18.6 Å². The van der Waals surface area contributed by atoms with Gasteiger partial charge in [-0.15, -0.1) is 0 Å². The van der Waals surface area contributed by atoms with Gasteiger partial charge in [-0.05, 0) is 43.5 Å². The van der Waals surface area contributed by atoms with Crippen molar-refractivity contribution < 1.29 is 12.8 Å². The molecule has 0 aliphatic heterocycles. The van der Waals surface area contributed by atoms with E-state index in [1.807, 2.05) is 13.1 Å². The molecule has 0 radical (unpaired) electrons. The summed E-state index contributed by atoms with van der Waals surface area (Å²) in [6.45, 7) is 0.715. The van der Waals surface area contributed by atoms with Crippen molar-refractivity contribution in [1.82, 2.24) is 5.32 Å². The van der Waals surface area contributed by atoms with Crippen molar-refractivity contribution >= 4 is 9.84 Å². The highest BCUT2D eigenvalue weighted by molar-refractivity contribution is 7.90. The molecule has 0 aliphatic carbocycles. The SMILES string of the molecule is CNCC(CCCS(C)(=O)=O)c1cccc(F)c1. The number of likely N-dealkylation sites (N-methyl/N-ethyl adjacent to an activating group) is 1. The zero-order chi connectivity index (χ0) is 13.6. The highest BCUT2D eigenvalue weighted by Crippen LogP contribution is 2.21. The van der Waals surface area contributed by atoms with Crippen LogP contribution in [-0.4, -0.2) is 34.0 Å². The molecule has 0 amide bonds. The fraction of sp³-hybridized carbons (Fsp3) is 0.538. The zero-order valence-corrected chi connectivity index (χ0v) is 11.6. The third-order valence-corrected chi connectivity index (χ3v) is 3.87.